The van der Waals surface area contributed by atoms with Crippen molar-refractivity contribution in [3.05, 3.63) is 59.7 Å². The minimum Gasteiger partial charge on any atom is -0.497 e. The second kappa shape index (κ2) is 6.04. The Kier molecular flexibility index (Phi) is 4.10. The molecule has 1 aliphatic rings. The van der Waals surface area contributed by atoms with Gasteiger partial charge in [-0.05, 0) is 41.2 Å². The predicted molar refractivity (Wildman–Crippen MR) is 92.9 cm³/mol. The lowest BCUT2D eigenvalue weighted by Crippen LogP contribution is -2.38. The maximum atomic E-state index is 5.31. The molecule has 1 heterocycles. The van der Waals surface area contributed by atoms with Gasteiger partial charge in [0.1, 0.15) is 5.75 Å². The van der Waals surface area contributed by atoms with Crippen LogP contribution < -0.4 is 9.64 Å². The van der Waals surface area contributed by atoms with Gasteiger partial charge >= 0.3 is 0 Å². The zero-order valence-corrected chi connectivity index (χ0v) is 13.9. The first-order chi connectivity index (χ1) is 10.6. The molecule has 1 aliphatic heterocycles. The fourth-order valence-corrected chi connectivity index (χ4v) is 3.68. The average molecular weight is 295 g/mol. The number of anilines is 1. The van der Waals surface area contributed by atoms with Crippen molar-refractivity contribution in [2.45, 2.75) is 19.8 Å². The SMILES string of the molecule is COc1ccc(C2c3ccccc3N(C)CC2C(C)C)cc1. The van der Waals surface area contributed by atoms with E-state index in [9.17, 15) is 0 Å². The number of hydrogen-bond donors (Lipinski definition) is 0. The molecular formula is C20H25NO. The molecule has 0 fully saturated rings. The quantitative estimate of drug-likeness (QED) is 0.823. The van der Waals surface area contributed by atoms with E-state index in [1.165, 1.54) is 16.8 Å². The zero-order valence-electron chi connectivity index (χ0n) is 13.9. The highest BCUT2D eigenvalue weighted by Gasteiger charge is 2.34. The van der Waals surface area contributed by atoms with Gasteiger partial charge in [0, 0.05) is 25.2 Å². The number of methoxy groups -OCH3 is 1. The molecule has 0 N–H and O–H groups in total. The summed E-state index contributed by atoms with van der Waals surface area (Å²) in [6, 6.07) is 17.4. The molecule has 2 heteroatoms. The summed E-state index contributed by atoms with van der Waals surface area (Å²) in [5, 5.41) is 0. The predicted octanol–water partition coefficient (Wildman–Crippen LogP) is 4.55. The topological polar surface area (TPSA) is 12.5 Å². The van der Waals surface area contributed by atoms with Gasteiger partial charge < -0.3 is 9.64 Å². The molecule has 0 spiro atoms. The first-order valence-electron chi connectivity index (χ1n) is 8.06. The average Bonchev–Trinajstić information content (AvgIpc) is 2.55. The zero-order chi connectivity index (χ0) is 15.7. The van der Waals surface area contributed by atoms with Crippen molar-refractivity contribution in [3.63, 3.8) is 0 Å². The number of ether oxygens (including phenoxy) is 1. The van der Waals surface area contributed by atoms with Crippen LogP contribution in [0.15, 0.2) is 48.5 Å². The fourth-order valence-electron chi connectivity index (χ4n) is 3.68. The van der Waals surface area contributed by atoms with Crippen molar-refractivity contribution < 1.29 is 4.74 Å². The maximum Gasteiger partial charge on any atom is 0.118 e. The first-order valence-corrected chi connectivity index (χ1v) is 8.06. The van der Waals surface area contributed by atoms with Gasteiger partial charge in [-0.15, -0.1) is 0 Å². The van der Waals surface area contributed by atoms with Crippen molar-refractivity contribution in [3.8, 4) is 5.75 Å². The lowest BCUT2D eigenvalue weighted by atomic mass is 9.72. The molecule has 0 radical (unpaired) electrons. The molecule has 116 valence electrons. The number of nitrogens with zero attached hydrogens (tertiary/aromatic N) is 1. The summed E-state index contributed by atoms with van der Waals surface area (Å²) in [5.74, 6) is 2.64. The van der Waals surface area contributed by atoms with E-state index >= 15 is 0 Å². The lowest BCUT2D eigenvalue weighted by Gasteiger charge is -2.41. The van der Waals surface area contributed by atoms with Crippen LogP contribution in [0.4, 0.5) is 5.69 Å². The Balaban J connectivity index is 2.09. The molecule has 2 nitrogen and oxygen atoms in total. The molecule has 2 aromatic rings. The second-order valence-corrected chi connectivity index (χ2v) is 6.60. The Labute approximate surface area is 133 Å². The third kappa shape index (κ3) is 2.58. The number of para-hydroxylation sites is 1. The number of rotatable bonds is 3. The minimum absolute atomic E-state index is 0.457. The van der Waals surface area contributed by atoms with Crippen molar-refractivity contribution in [2.75, 3.05) is 25.6 Å². The van der Waals surface area contributed by atoms with Gasteiger partial charge in [-0.1, -0.05) is 44.2 Å². The summed E-state index contributed by atoms with van der Waals surface area (Å²) in [7, 11) is 3.93. The Morgan fingerprint density at radius 3 is 2.36 bits per heavy atom. The van der Waals surface area contributed by atoms with Crippen LogP contribution in [0.3, 0.4) is 0 Å². The van der Waals surface area contributed by atoms with Gasteiger partial charge in [-0.25, -0.2) is 0 Å². The van der Waals surface area contributed by atoms with Crippen molar-refractivity contribution in [2.24, 2.45) is 11.8 Å². The summed E-state index contributed by atoms with van der Waals surface area (Å²) in [4.78, 5) is 2.40. The molecule has 0 aromatic heterocycles. The van der Waals surface area contributed by atoms with Crippen LogP contribution >= 0.6 is 0 Å². The van der Waals surface area contributed by atoms with Gasteiger partial charge in [0.2, 0.25) is 0 Å². The summed E-state index contributed by atoms with van der Waals surface area (Å²) >= 11 is 0. The van der Waals surface area contributed by atoms with Crippen molar-refractivity contribution in [1.82, 2.24) is 0 Å². The molecule has 0 amide bonds. The van der Waals surface area contributed by atoms with Gasteiger partial charge in [-0.2, -0.15) is 0 Å². The molecular weight excluding hydrogens is 270 g/mol. The van der Waals surface area contributed by atoms with Gasteiger partial charge in [0.05, 0.1) is 7.11 Å². The van der Waals surface area contributed by atoms with Crippen LogP contribution in [0.25, 0.3) is 0 Å². The second-order valence-electron chi connectivity index (χ2n) is 6.60. The summed E-state index contributed by atoms with van der Waals surface area (Å²) < 4.78 is 5.31. The molecule has 22 heavy (non-hydrogen) atoms. The van der Waals surface area contributed by atoms with E-state index in [2.05, 4.69) is 74.3 Å². The lowest BCUT2D eigenvalue weighted by molar-refractivity contribution is 0.338. The van der Waals surface area contributed by atoms with Gasteiger partial charge in [0.25, 0.3) is 0 Å². The van der Waals surface area contributed by atoms with E-state index in [-0.39, 0.29) is 0 Å². The van der Waals surface area contributed by atoms with Crippen molar-refractivity contribution >= 4 is 5.69 Å². The van der Waals surface area contributed by atoms with E-state index in [0.29, 0.717) is 17.8 Å². The molecule has 3 rings (SSSR count). The van der Waals surface area contributed by atoms with E-state index in [1.807, 2.05) is 0 Å². The molecule has 0 aliphatic carbocycles. The maximum absolute atomic E-state index is 5.31. The highest BCUT2D eigenvalue weighted by atomic mass is 16.5. The van der Waals surface area contributed by atoms with Gasteiger partial charge in [0.15, 0.2) is 0 Å². The third-order valence-electron chi connectivity index (χ3n) is 4.93. The summed E-state index contributed by atoms with van der Waals surface area (Å²) in [6.07, 6.45) is 0. The largest absolute Gasteiger partial charge is 0.497 e. The van der Waals surface area contributed by atoms with E-state index in [4.69, 9.17) is 4.74 Å². The standard InChI is InChI=1S/C20H25NO/c1-14(2)18-13-21(3)19-8-6-5-7-17(19)20(18)15-9-11-16(22-4)12-10-15/h5-12,14,18,20H,13H2,1-4H3. The molecule has 0 saturated carbocycles. The summed E-state index contributed by atoms with van der Waals surface area (Å²) in [5.41, 5.74) is 4.19. The Hall–Kier alpha value is -1.96. The van der Waals surface area contributed by atoms with Crippen LogP contribution in [0, 0.1) is 11.8 Å². The number of fused-ring (bicyclic) bond motifs is 1. The highest BCUT2D eigenvalue weighted by Crippen LogP contribution is 2.44. The smallest absolute Gasteiger partial charge is 0.118 e. The molecule has 2 aromatic carbocycles. The molecule has 0 bridgehead atoms. The van der Waals surface area contributed by atoms with Crippen molar-refractivity contribution in [1.29, 1.82) is 0 Å². The minimum atomic E-state index is 0.457. The Morgan fingerprint density at radius 2 is 1.73 bits per heavy atom. The van der Waals surface area contributed by atoms with Crippen LogP contribution in [0.1, 0.15) is 30.9 Å². The van der Waals surface area contributed by atoms with Gasteiger partial charge in [-0.3, -0.25) is 0 Å². The monoisotopic (exact) mass is 295 g/mol. The number of benzene rings is 2. The molecule has 0 saturated heterocycles. The van der Waals surface area contributed by atoms with Crippen LogP contribution in [0.5, 0.6) is 5.75 Å². The molecule has 2 atom stereocenters. The van der Waals surface area contributed by atoms with Crippen LogP contribution in [-0.2, 0) is 0 Å². The van der Waals surface area contributed by atoms with E-state index < -0.39 is 0 Å². The normalized spacial score (nSPS) is 20.9. The van der Waals surface area contributed by atoms with Crippen LogP contribution in [-0.4, -0.2) is 20.7 Å². The summed E-state index contributed by atoms with van der Waals surface area (Å²) in [6.45, 7) is 5.78. The van der Waals surface area contributed by atoms with E-state index in [1.54, 1.807) is 7.11 Å². The first kappa shape index (κ1) is 15.0. The van der Waals surface area contributed by atoms with Crippen LogP contribution in [0.2, 0.25) is 0 Å². The highest BCUT2D eigenvalue weighted by molar-refractivity contribution is 5.59. The number of hydrogen-bond acceptors (Lipinski definition) is 2. The Morgan fingerprint density at radius 1 is 1.05 bits per heavy atom. The fraction of sp³-hybridized carbons (Fsp3) is 0.400. The van der Waals surface area contributed by atoms with E-state index in [0.717, 1.165) is 12.3 Å². The third-order valence-corrected chi connectivity index (χ3v) is 4.93. The molecule has 2 unspecified atom stereocenters. The Bertz CT molecular complexity index is 632.